The zero-order chi connectivity index (χ0) is 13.9. The molecule has 19 heavy (non-hydrogen) atoms. The molecule has 0 unspecified atom stereocenters. The highest BCUT2D eigenvalue weighted by Crippen LogP contribution is 2.24. The zero-order valence-electron chi connectivity index (χ0n) is 10.3. The Bertz CT molecular complexity index is 473. The number of nitrogens with one attached hydrogen (secondary N) is 1. The van der Waals surface area contributed by atoms with Crippen molar-refractivity contribution >= 4 is 29.1 Å². The molecule has 1 aromatic rings. The molecule has 0 bridgehead atoms. The summed E-state index contributed by atoms with van der Waals surface area (Å²) < 4.78 is 5.25. The molecule has 0 spiro atoms. The van der Waals surface area contributed by atoms with Gasteiger partial charge < -0.3 is 15.2 Å². The maximum Gasteiger partial charge on any atom is 0.253 e. The van der Waals surface area contributed by atoms with Gasteiger partial charge in [-0.2, -0.15) is 0 Å². The van der Waals surface area contributed by atoms with Crippen LogP contribution in [0.1, 0.15) is 23.2 Å². The number of rotatable bonds is 3. The average molecular weight is 304 g/mol. The van der Waals surface area contributed by atoms with E-state index in [1.165, 1.54) is 6.07 Å². The van der Waals surface area contributed by atoms with E-state index in [2.05, 4.69) is 5.32 Å². The molecule has 2 N–H and O–H groups in total. The lowest BCUT2D eigenvalue weighted by molar-refractivity contribution is 0.0125. The van der Waals surface area contributed by atoms with E-state index in [4.69, 9.17) is 27.9 Å². The Hall–Kier alpha value is -0.810. The summed E-state index contributed by atoms with van der Waals surface area (Å²) in [7, 11) is 0. The molecule has 1 aromatic carbocycles. The summed E-state index contributed by atoms with van der Waals surface area (Å²) in [5.74, 6) is -0.308. The predicted molar refractivity (Wildman–Crippen MR) is 73.8 cm³/mol. The fourth-order valence-electron chi connectivity index (χ4n) is 2.07. The second kappa shape index (κ2) is 6.09. The first kappa shape index (κ1) is 14.6. The first-order valence-electron chi connectivity index (χ1n) is 6.02. The van der Waals surface area contributed by atoms with Crippen molar-refractivity contribution in [3.8, 4) is 0 Å². The minimum Gasteiger partial charge on any atom is -0.394 e. The third-order valence-electron chi connectivity index (χ3n) is 3.31. The van der Waals surface area contributed by atoms with Gasteiger partial charge >= 0.3 is 0 Å². The zero-order valence-corrected chi connectivity index (χ0v) is 11.8. The summed E-state index contributed by atoms with van der Waals surface area (Å²) in [4.78, 5) is 12.2. The average Bonchev–Trinajstić information content (AvgIpc) is 2.39. The molecule has 104 valence electrons. The number of benzene rings is 1. The molecule has 4 nitrogen and oxygen atoms in total. The molecule has 0 aliphatic carbocycles. The van der Waals surface area contributed by atoms with Gasteiger partial charge in [0.2, 0.25) is 0 Å². The Morgan fingerprint density at radius 1 is 1.37 bits per heavy atom. The van der Waals surface area contributed by atoms with Crippen LogP contribution in [0.15, 0.2) is 18.2 Å². The van der Waals surface area contributed by atoms with Gasteiger partial charge in [-0.05, 0) is 31.0 Å². The number of carbonyl (C=O) groups excluding carboxylic acids is 1. The molecule has 0 saturated carbocycles. The number of hydrogen-bond acceptors (Lipinski definition) is 3. The third kappa shape index (κ3) is 3.39. The van der Waals surface area contributed by atoms with Crippen LogP contribution in [0, 0.1) is 0 Å². The monoisotopic (exact) mass is 303 g/mol. The van der Waals surface area contributed by atoms with Crippen molar-refractivity contribution in [1.82, 2.24) is 5.32 Å². The van der Waals surface area contributed by atoms with Crippen LogP contribution < -0.4 is 5.32 Å². The molecular formula is C13H15Cl2NO3. The second-order valence-corrected chi connectivity index (χ2v) is 5.47. The molecule has 0 aromatic heterocycles. The van der Waals surface area contributed by atoms with Gasteiger partial charge in [-0.25, -0.2) is 0 Å². The normalized spacial score (nSPS) is 18.1. The highest BCUT2D eigenvalue weighted by atomic mass is 35.5. The van der Waals surface area contributed by atoms with Crippen LogP contribution in [0.5, 0.6) is 0 Å². The molecule has 1 heterocycles. The molecule has 1 aliphatic heterocycles. The largest absolute Gasteiger partial charge is 0.394 e. The van der Waals surface area contributed by atoms with Crippen LogP contribution in [0.25, 0.3) is 0 Å². The molecule has 0 atom stereocenters. The van der Waals surface area contributed by atoms with Crippen LogP contribution in [0.4, 0.5) is 0 Å². The van der Waals surface area contributed by atoms with Crippen molar-refractivity contribution in [2.75, 3.05) is 19.8 Å². The summed E-state index contributed by atoms with van der Waals surface area (Å²) in [6, 6.07) is 4.70. The van der Waals surface area contributed by atoms with Crippen molar-refractivity contribution in [3.05, 3.63) is 33.8 Å². The molecule has 0 radical (unpaired) electrons. The number of carbonyl (C=O) groups is 1. The van der Waals surface area contributed by atoms with E-state index >= 15 is 0 Å². The SMILES string of the molecule is O=C(NC1(CO)CCOCC1)c1ccc(Cl)cc1Cl. The quantitative estimate of drug-likeness (QED) is 0.900. The molecule has 2 rings (SSSR count). The number of halogens is 2. The van der Waals surface area contributed by atoms with E-state index in [0.29, 0.717) is 41.7 Å². The number of aliphatic hydroxyl groups excluding tert-OH is 1. The predicted octanol–water partition coefficient (Wildman–Crippen LogP) is 2.26. The number of amides is 1. The van der Waals surface area contributed by atoms with Crippen LogP contribution >= 0.6 is 23.2 Å². The van der Waals surface area contributed by atoms with Crippen molar-refractivity contribution in [2.24, 2.45) is 0 Å². The third-order valence-corrected chi connectivity index (χ3v) is 3.85. The van der Waals surface area contributed by atoms with Gasteiger partial charge in [-0.3, -0.25) is 4.79 Å². The van der Waals surface area contributed by atoms with Crippen LogP contribution in [0.2, 0.25) is 10.0 Å². The van der Waals surface area contributed by atoms with E-state index < -0.39 is 5.54 Å². The summed E-state index contributed by atoms with van der Waals surface area (Å²) in [6.07, 6.45) is 1.17. The molecule has 6 heteroatoms. The maximum absolute atomic E-state index is 12.2. The Morgan fingerprint density at radius 2 is 2.05 bits per heavy atom. The van der Waals surface area contributed by atoms with Gasteiger partial charge in [-0.15, -0.1) is 0 Å². The van der Waals surface area contributed by atoms with Gasteiger partial charge in [0.1, 0.15) is 0 Å². The first-order chi connectivity index (χ1) is 9.06. The van der Waals surface area contributed by atoms with E-state index in [1.54, 1.807) is 12.1 Å². The van der Waals surface area contributed by atoms with Crippen molar-refractivity contribution < 1.29 is 14.6 Å². The first-order valence-corrected chi connectivity index (χ1v) is 6.78. The fraction of sp³-hybridized carbons (Fsp3) is 0.462. The standard InChI is InChI=1S/C13H15Cl2NO3/c14-9-1-2-10(11(15)7-9)12(18)16-13(8-17)3-5-19-6-4-13/h1-2,7,17H,3-6,8H2,(H,16,18). The Balaban J connectivity index is 2.15. The summed E-state index contributed by atoms with van der Waals surface area (Å²) in [5.41, 5.74) is -0.274. The van der Waals surface area contributed by atoms with Crippen molar-refractivity contribution in [3.63, 3.8) is 0 Å². The highest BCUT2D eigenvalue weighted by Gasteiger charge is 2.34. The van der Waals surface area contributed by atoms with Crippen LogP contribution in [-0.2, 0) is 4.74 Å². The molecule has 1 aliphatic rings. The van der Waals surface area contributed by atoms with Gasteiger partial charge in [0.25, 0.3) is 5.91 Å². The van der Waals surface area contributed by atoms with E-state index in [0.717, 1.165) is 0 Å². The lowest BCUT2D eigenvalue weighted by Gasteiger charge is -2.36. The minimum atomic E-state index is -0.627. The van der Waals surface area contributed by atoms with E-state index in [1.807, 2.05) is 0 Å². The molecular weight excluding hydrogens is 289 g/mol. The molecule has 1 saturated heterocycles. The maximum atomic E-state index is 12.2. The topological polar surface area (TPSA) is 58.6 Å². The van der Waals surface area contributed by atoms with Gasteiger partial charge in [0.15, 0.2) is 0 Å². The Morgan fingerprint density at radius 3 is 2.63 bits per heavy atom. The van der Waals surface area contributed by atoms with E-state index in [-0.39, 0.29) is 12.5 Å². The second-order valence-electron chi connectivity index (χ2n) is 4.63. The smallest absolute Gasteiger partial charge is 0.253 e. The van der Waals surface area contributed by atoms with Crippen LogP contribution in [-0.4, -0.2) is 36.4 Å². The number of hydrogen-bond donors (Lipinski definition) is 2. The summed E-state index contributed by atoms with van der Waals surface area (Å²) in [5, 5.41) is 13.2. The lowest BCUT2D eigenvalue weighted by atomic mass is 9.90. The summed E-state index contributed by atoms with van der Waals surface area (Å²) in [6.45, 7) is 0.928. The van der Waals surface area contributed by atoms with Crippen molar-refractivity contribution in [2.45, 2.75) is 18.4 Å². The molecule has 1 amide bonds. The molecule has 1 fully saturated rings. The van der Waals surface area contributed by atoms with Crippen molar-refractivity contribution in [1.29, 1.82) is 0 Å². The Labute approximate surface area is 121 Å². The van der Waals surface area contributed by atoms with Gasteiger partial charge in [0, 0.05) is 18.2 Å². The number of aliphatic hydroxyl groups is 1. The van der Waals surface area contributed by atoms with Gasteiger partial charge in [-0.1, -0.05) is 23.2 Å². The van der Waals surface area contributed by atoms with Gasteiger partial charge in [0.05, 0.1) is 22.7 Å². The summed E-state index contributed by atoms with van der Waals surface area (Å²) >= 11 is 11.8. The lowest BCUT2D eigenvalue weighted by Crippen LogP contribution is -2.54. The highest BCUT2D eigenvalue weighted by molar-refractivity contribution is 6.36. The minimum absolute atomic E-state index is 0.118. The Kier molecular flexibility index (Phi) is 4.68. The van der Waals surface area contributed by atoms with Crippen LogP contribution in [0.3, 0.4) is 0 Å². The number of ether oxygens (including phenoxy) is 1. The fourth-order valence-corrected chi connectivity index (χ4v) is 2.56. The van der Waals surface area contributed by atoms with E-state index in [9.17, 15) is 9.90 Å².